The molecule has 1 heterocycles. The summed E-state index contributed by atoms with van der Waals surface area (Å²) in [6.45, 7) is 2.69. The van der Waals surface area contributed by atoms with Gasteiger partial charge in [-0.25, -0.2) is 13.2 Å². The minimum absolute atomic E-state index is 0.0323. The van der Waals surface area contributed by atoms with Gasteiger partial charge in [-0.1, -0.05) is 29.8 Å². The van der Waals surface area contributed by atoms with Crippen LogP contribution in [0, 0.1) is 6.92 Å². The van der Waals surface area contributed by atoms with E-state index in [0.29, 0.717) is 19.6 Å². The van der Waals surface area contributed by atoms with Gasteiger partial charge in [0.1, 0.15) is 10.6 Å². The molecule has 0 bridgehead atoms. The molecule has 0 aliphatic carbocycles. The molecule has 0 radical (unpaired) electrons. The van der Waals surface area contributed by atoms with Gasteiger partial charge in [0, 0.05) is 19.6 Å². The van der Waals surface area contributed by atoms with E-state index in [1.807, 2.05) is 31.2 Å². The van der Waals surface area contributed by atoms with Crippen LogP contribution in [0.2, 0.25) is 0 Å². The average molecular weight is 447 g/mol. The number of ether oxygens (including phenoxy) is 2. The first-order valence-electron chi connectivity index (χ1n) is 9.99. The van der Waals surface area contributed by atoms with Crippen molar-refractivity contribution in [2.75, 3.05) is 26.8 Å². The Morgan fingerprint density at radius 1 is 1.06 bits per heavy atom. The lowest BCUT2D eigenvalue weighted by molar-refractivity contribution is -0.124. The quantitative estimate of drug-likeness (QED) is 0.624. The zero-order valence-corrected chi connectivity index (χ0v) is 18.4. The van der Waals surface area contributed by atoms with E-state index in [0.717, 1.165) is 24.0 Å². The summed E-state index contributed by atoms with van der Waals surface area (Å²) in [4.78, 5) is 24.3. The van der Waals surface area contributed by atoms with Crippen LogP contribution < -0.4 is 10.1 Å². The van der Waals surface area contributed by atoms with E-state index in [4.69, 9.17) is 9.47 Å². The predicted octanol–water partition coefficient (Wildman–Crippen LogP) is 2.26. The molecule has 8 nitrogen and oxygen atoms in total. The first-order chi connectivity index (χ1) is 14.8. The molecule has 1 N–H and O–H groups in total. The Morgan fingerprint density at radius 2 is 1.74 bits per heavy atom. The highest BCUT2D eigenvalue weighted by Gasteiger charge is 2.30. The monoisotopic (exact) mass is 446 g/mol. The van der Waals surface area contributed by atoms with E-state index in [9.17, 15) is 18.0 Å². The van der Waals surface area contributed by atoms with Crippen molar-refractivity contribution in [3.05, 3.63) is 59.2 Å². The first kappa shape index (κ1) is 22.8. The number of carbonyl (C=O) groups is 2. The molecule has 1 fully saturated rings. The average Bonchev–Trinajstić information content (AvgIpc) is 3.32. The summed E-state index contributed by atoms with van der Waals surface area (Å²) in [6.07, 6.45) is 1.59. The number of hydrogen-bond acceptors (Lipinski definition) is 6. The van der Waals surface area contributed by atoms with Gasteiger partial charge in [-0.15, -0.1) is 0 Å². The van der Waals surface area contributed by atoms with E-state index in [1.165, 1.54) is 29.6 Å². The number of carbonyl (C=O) groups excluding carboxylic acids is 2. The largest absolute Gasteiger partial charge is 0.495 e. The van der Waals surface area contributed by atoms with Crippen molar-refractivity contribution in [1.29, 1.82) is 0 Å². The van der Waals surface area contributed by atoms with E-state index in [-0.39, 0.29) is 16.2 Å². The third-order valence-corrected chi connectivity index (χ3v) is 6.95. The van der Waals surface area contributed by atoms with Crippen molar-refractivity contribution < 1.29 is 27.5 Å². The van der Waals surface area contributed by atoms with Gasteiger partial charge in [-0.05, 0) is 43.5 Å². The summed E-state index contributed by atoms with van der Waals surface area (Å²) in [6, 6.07) is 11.8. The van der Waals surface area contributed by atoms with Crippen LogP contribution in [0.25, 0.3) is 0 Å². The first-order valence-corrected chi connectivity index (χ1v) is 11.4. The van der Waals surface area contributed by atoms with Crippen LogP contribution in [-0.2, 0) is 26.1 Å². The van der Waals surface area contributed by atoms with Gasteiger partial charge in [0.05, 0.1) is 12.7 Å². The third kappa shape index (κ3) is 5.62. The molecule has 166 valence electrons. The maximum absolute atomic E-state index is 12.9. The topological polar surface area (TPSA) is 102 Å². The Labute approximate surface area is 182 Å². The maximum Gasteiger partial charge on any atom is 0.338 e. The lowest BCUT2D eigenvalue weighted by Gasteiger charge is -2.18. The number of esters is 1. The van der Waals surface area contributed by atoms with Crippen molar-refractivity contribution in [1.82, 2.24) is 9.62 Å². The number of benzene rings is 2. The van der Waals surface area contributed by atoms with E-state index in [1.54, 1.807) is 0 Å². The summed E-state index contributed by atoms with van der Waals surface area (Å²) >= 11 is 0. The molecule has 1 saturated heterocycles. The van der Waals surface area contributed by atoms with E-state index < -0.39 is 28.5 Å². The Kier molecular flexibility index (Phi) is 7.29. The summed E-state index contributed by atoms with van der Waals surface area (Å²) in [7, 11) is -2.42. The predicted molar refractivity (Wildman–Crippen MR) is 114 cm³/mol. The Balaban J connectivity index is 1.63. The summed E-state index contributed by atoms with van der Waals surface area (Å²) in [5.41, 5.74) is 2.08. The molecule has 1 aliphatic rings. The van der Waals surface area contributed by atoms with Crippen LogP contribution >= 0.6 is 0 Å². The Bertz CT molecular complexity index is 1040. The summed E-state index contributed by atoms with van der Waals surface area (Å²) < 4.78 is 37.5. The molecule has 31 heavy (non-hydrogen) atoms. The molecule has 2 aromatic carbocycles. The van der Waals surface area contributed by atoms with Crippen LogP contribution in [-0.4, -0.2) is 51.4 Å². The lowest BCUT2D eigenvalue weighted by Crippen LogP contribution is -2.29. The molecule has 0 atom stereocenters. The van der Waals surface area contributed by atoms with Crippen LogP contribution in [0.15, 0.2) is 47.4 Å². The van der Waals surface area contributed by atoms with Crippen molar-refractivity contribution in [3.8, 4) is 5.75 Å². The molecule has 0 saturated carbocycles. The Morgan fingerprint density at radius 3 is 2.39 bits per heavy atom. The van der Waals surface area contributed by atoms with Gasteiger partial charge in [-0.3, -0.25) is 4.79 Å². The van der Waals surface area contributed by atoms with Crippen molar-refractivity contribution in [2.24, 2.45) is 0 Å². The third-order valence-electron chi connectivity index (χ3n) is 5.03. The minimum atomic E-state index is -3.79. The fraction of sp³-hybridized carbons (Fsp3) is 0.364. The molecule has 1 aliphatic heterocycles. The van der Waals surface area contributed by atoms with Crippen LogP contribution in [0.4, 0.5) is 0 Å². The van der Waals surface area contributed by atoms with Crippen LogP contribution in [0.5, 0.6) is 5.75 Å². The standard InChI is InChI=1S/C22H26N2O6S/c1-16-5-7-17(8-6-16)14-23-21(25)15-30-22(26)18-9-10-19(29-2)20(13-18)31(27,28)24-11-3-4-12-24/h5-10,13H,3-4,11-12,14-15H2,1-2H3,(H,23,25). The molecule has 2 aromatic rings. The second-order valence-corrected chi connectivity index (χ2v) is 9.22. The maximum atomic E-state index is 12.9. The van der Waals surface area contributed by atoms with E-state index >= 15 is 0 Å². The van der Waals surface area contributed by atoms with Gasteiger partial charge >= 0.3 is 5.97 Å². The lowest BCUT2D eigenvalue weighted by atomic mass is 10.1. The SMILES string of the molecule is COc1ccc(C(=O)OCC(=O)NCc2ccc(C)cc2)cc1S(=O)(=O)N1CCCC1. The van der Waals surface area contributed by atoms with Gasteiger partial charge < -0.3 is 14.8 Å². The summed E-state index contributed by atoms with van der Waals surface area (Å²) in [5.74, 6) is -1.09. The molecule has 0 spiro atoms. The second-order valence-electron chi connectivity index (χ2n) is 7.32. The van der Waals surface area contributed by atoms with Crippen molar-refractivity contribution in [3.63, 3.8) is 0 Å². The molecule has 1 amide bonds. The Hall–Kier alpha value is -2.91. The smallest absolute Gasteiger partial charge is 0.338 e. The van der Waals surface area contributed by atoms with Gasteiger partial charge in [0.2, 0.25) is 10.0 Å². The zero-order valence-electron chi connectivity index (χ0n) is 17.6. The number of rotatable bonds is 8. The second kappa shape index (κ2) is 9.93. The van der Waals surface area contributed by atoms with Gasteiger partial charge in [0.15, 0.2) is 6.61 Å². The van der Waals surface area contributed by atoms with Gasteiger partial charge in [-0.2, -0.15) is 4.31 Å². The minimum Gasteiger partial charge on any atom is -0.495 e. The number of methoxy groups -OCH3 is 1. The van der Waals surface area contributed by atoms with Crippen LogP contribution in [0.1, 0.15) is 34.3 Å². The number of aryl methyl sites for hydroxylation is 1. The van der Waals surface area contributed by atoms with Crippen LogP contribution in [0.3, 0.4) is 0 Å². The zero-order chi connectivity index (χ0) is 22.4. The molecular formula is C22H26N2O6S. The number of nitrogens with zero attached hydrogens (tertiary/aromatic N) is 1. The number of nitrogens with one attached hydrogen (secondary N) is 1. The number of hydrogen-bond donors (Lipinski definition) is 1. The summed E-state index contributed by atoms with van der Waals surface area (Å²) in [5, 5.41) is 2.68. The van der Waals surface area contributed by atoms with Crippen molar-refractivity contribution >= 4 is 21.9 Å². The number of amides is 1. The van der Waals surface area contributed by atoms with Crippen molar-refractivity contribution in [2.45, 2.75) is 31.2 Å². The molecule has 9 heteroatoms. The van der Waals surface area contributed by atoms with Gasteiger partial charge in [0.25, 0.3) is 5.91 Å². The number of sulfonamides is 1. The fourth-order valence-corrected chi connectivity index (χ4v) is 4.94. The normalized spacial score (nSPS) is 14.3. The van der Waals surface area contributed by atoms with E-state index in [2.05, 4.69) is 5.32 Å². The molecule has 0 unspecified atom stereocenters. The highest BCUT2D eigenvalue weighted by molar-refractivity contribution is 7.89. The molecular weight excluding hydrogens is 420 g/mol. The highest BCUT2D eigenvalue weighted by atomic mass is 32.2. The molecule has 0 aromatic heterocycles. The molecule has 3 rings (SSSR count). The fourth-order valence-electron chi connectivity index (χ4n) is 3.24. The highest BCUT2D eigenvalue weighted by Crippen LogP contribution is 2.30.